The molecule has 0 spiro atoms. The van der Waals surface area contributed by atoms with Crippen LogP contribution in [0.3, 0.4) is 0 Å². The first-order valence-corrected chi connectivity index (χ1v) is 9.95. The highest BCUT2D eigenvalue weighted by Gasteiger charge is 2.39. The molecule has 3 rings (SSSR count). The number of rotatable bonds is 6. The lowest BCUT2D eigenvalue weighted by molar-refractivity contribution is -0.176. The van der Waals surface area contributed by atoms with Crippen molar-refractivity contribution in [2.75, 3.05) is 0 Å². The second-order valence-corrected chi connectivity index (χ2v) is 8.18. The van der Waals surface area contributed by atoms with E-state index in [0.29, 0.717) is 12.3 Å². The van der Waals surface area contributed by atoms with Gasteiger partial charge in [0.1, 0.15) is 6.10 Å². The SMILES string of the molecule is CCCCCC1CCC([C@H]2CC[C@@H](C3CC(=O)O3)CC2)CC1. The largest absolute Gasteiger partial charge is 0.461 e. The monoisotopic (exact) mass is 306 g/mol. The molecule has 3 aliphatic rings. The van der Waals surface area contributed by atoms with Crippen molar-refractivity contribution in [1.29, 1.82) is 0 Å². The molecular weight excluding hydrogens is 272 g/mol. The molecule has 1 unspecified atom stereocenters. The molecule has 0 bridgehead atoms. The van der Waals surface area contributed by atoms with E-state index in [1.54, 1.807) is 0 Å². The second kappa shape index (κ2) is 7.84. The van der Waals surface area contributed by atoms with Crippen LogP contribution in [-0.2, 0) is 9.53 Å². The zero-order valence-electron chi connectivity index (χ0n) is 14.4. The minimum atomic E-state index is 0.0218. The van der Waals surface area contributed by atoms with Crippen molar-refractivity contribution in [1.82, 2.24) is 0 Å². The van der Waals surface area contributed by atoms with E-state index in [4.69, 9.17) is 4.74 Å². The molecule has 2 nitrogen and oxygen atoms in total. The molecule has 0 aromatic heterocycles. The number of carbonyl (C=O) groups is 1. The molecule has 1 aliphatic heterocycles. The van der Waals surface area contributed by atoms with E-state index in [2.05, 4.69) is 6.92 Å². The zero-order valence-corrected chi connectivity index (χ0v) is 14.4. The molecule has 0 radical (unpaired) electrons. The van der Waals surface area contributed by atoms with Crippen LogP contribution in [0.2, 0.25) is 0 Å². The van der Waals surface area contributed by atoms with E-state index >= 15 is 0 Å². The molecule has 0 N–H and O–H groups in total. The molecule has 126 valence electrons. The number of unbranched alkanes of at least 4 members (excludes halogenated alkanes) is 2. The Bertz CT molecular complexity index is 341. The summed E-state index contributed by atoms with van der Waals surface area (Å²) in [5, 5.41) is 0. The molecule has 0 amide bonds. The van der Waals surface area contributed by atoms with Gasteiger partial charge in [-0.3, -0.25) is 4.79 Å². The summed E-state index contributed by atoms with van der Waals surface area (Å²) >= 11 is 0. The molecule has 3 fully saturated rings. The third-order valence-corrected chi connectivity index (χ3v) is 6.77. The summed E-state index contributed by atoms with van der Waals surface area (Å²) in [5.74, 6) is 3.72. The van der Waals surface area contributed by atoms with Gasteiger partial charge < -0.3 is 4.74 Å². The summed E-state index contributed by atoms with van der Waals surface area (Å²) < 4.78 is 5.28. The normalized spacial score (nSPS) is 39.1. The Kier molecular flexibility index (Phi) is 5.82. The molecule has 0 aromatic rings. The zero-order chi connectivity index (χ0) is 15.4. The van der Waals surface area contributed by atoms with E-state index in [9.17, 15) is 4.79 Å². The molecule has 22 heavy (non-hydrogen) atoms. The third kappa shape index (κ3) is 4.06. The summed E-state index contributed by atoms with van der Waals surface area (Å²) in [7, 11) is 0. The molecule has 1 heterocycles. The minimum absolute atomic E-state index is 0.0218. The standard InChI is InChI=1S/C20H34O2/c1-2-3-4-5-15-6-8-16(9-7-15)17-10-12-18(13-11-17)19-14-20(21)22-19/h15-19H,2-14H2,1H3/t15?,16?,17-,18+,19?. The third-order valence-electron chi connectivity index (χ3n) is 6.77. The number of esters is 1. The summed E-state index contributed by atoms with van der Waals surface area (Å²) in [4.78, 5) is 11.0. The topological polar surface area (TPSA) is 26.3 Å². The predicted molar refractivity (Wildman–Crippen MR) is 89.5 cm³/mol. The highest BCUT2D eigenvalue weighted by molar-refractivity contribution is 5.75. The van der Waals surface area contributed by atoms with E-state index in [0.717, 1.165) is 17.8 Å². The van der Waals surface area contributed by atoms with Gasteiger partial charge in [0.25, 0.3) is 0 Å². The summed E-state index contributed by atoms with van der Waals surface area (Å²) in [5.41, 5.74) is 0. The first-order valence-electron chi connectivity index (χ1n) is 9.95. The highest BCUT2D eigenvalue weighted by Crippen LogP contribution is 2.44. The number of ether oxygens (including phenoxy) is 1. The quantitative estimate of drug-likeness (QED) is 0.479. The molecule has 2 aliphatic carbocycles. The van der Waals surface area contributed by atoms with Crippen molar-refractivity contribution in [2.24, 2.45) is 23.7 Å². The summed E-state index contributed by atoms with van der Waals surface area (Å²) in [6.07, 6.45) is 18.1. The van der Waals surface area contributed by atoms with Crippen LogP contribution in [-0.4, -0.2) is 12.1 Å². The van der Waals surface area contributed by atoms with E-state index in [-0.39, 0.29) is 12.1 Å². The van der Waals surface area contributed by atoms with Crippen LogP contribution in [0.4, 0.5) is 0 Å². The summed E-state index contributed by atoms with van der Waals surface area (Å²) in [6, 6.07) is 0. The number of carbonyl (C=O) groups excluding carboxylic acids is 1. The van der Waals surface area contributed by atoms with Gasteiger partial charge in [-0.1, -0.05) is 45.4 Å². The van der Waals surface area contributed by atoms with Crippen molar-refractivity contribution >= 4 is 5.97 Å². The predicted octanol–water partition coefficient (Wildman–Crippen LogP) is 5.50. The van der Waals surface area contributed by atoms with Gasteiger partial charge in [-0.25, -0.2) is 0 Å². The summed E-state index contributed by atoms with van der Waals surface area (Å²) in [6.45, 7) is 2.30. The number of cyclic esters (lactones) is 1. The van der Waals surface area contributed by atoms with Gasteiger partial charge in [-0.15, -0.1) is 0 Å². The van der Waals surface area contributed by atoms with E-state index in [1.807, 2.05) is 0 Å². The Balaban J connectivity index is 1.33. The Hall–Kier alpha value is -0.530. The lowest BCUT2D eigenvalue weighted by Crippen LogP contribution is -2.41. The molecule has 2 heteroatoms. The van der Waals surface area contributed by atoms with Crippen molar-refractivity contribution in [2.45, 2.75) is 96.5 Å². The molecular formula is C20H34O2. The van der Waals surface area contributed by atoms with E-state index < -0.39 is 0 Å². The van der Waals surface area contributed by atoms with Crippen LogP contribution in [0, 0.1) is 23.7 Å². The Morgan fingerprint density at radius 3 is 1.95 bits per heavy atom. The van der Waals surface area contributed by atoms with Crippen LogP contribution >= 0.6 is 0 Å². The van der Waals surface area contributed by atoms with Gasteiger partial charge in [0.2, 0.25) is 0 Å². The highest BCUT2D eigenvalue weighted by atomic mass is 16.6. The number of hydrogen-bond acceptors (Lipinski definition) is 2. The lowest BCUT2D eigenvalue weighted by Gasteiger charge is -2.41. The van der Waals surface area contributed by atoms with Gasteiger partial charge in [0.05, 0.1) is 6.42 Å². The van der Waals surface area contributed by atoms with Crippen LogP contribution < -0.4 is 0 Å². The van der Waals surface area contributed by atoms with Crippen molar-refractivity contribution in [3.8, 4) is 0 Å². The van der Waals surface area contributed by atoms with Crippen LogP contribution in [0.25, 0.3) is 0 Å². The fourth-order valence-corrected chi connectivity index (χ4v) is 5.21. The molecule has 2 saturated carbocycles. The van der Waals surface area contributed by atoms with Gasteiger partial charge in [0, 0.05) is 0 Å². The Labute approximate surface area is 136 Å². The van der Waals surface area contributed by atoms with Crippen LogP contribution in [0.15, 0.2) is 0 Å². The minimum Gasteiger partial charge on any atom is -0.461 e. The van der Waals surface area contributed by atoms with Crippen molar-refractivity contribution in [3.05, 3.63) is 0 Å². The van der Waals surface area contributed by atoms with E-state index in [1.165, 1.54) is 77.0 Å². The maximum Gasteiger partial charge on any atom is 0.309 e. The Morgan fingerprint density at radius 1 is 0.864 bits per heavy atom. The van der Waals surface area contributed by atoms with Gasteiger partial charge in [0.15, 0.2) is 0 Å². The Morgan fingerprint density at radius 2 is 1.41 bits per heavy atom. The first-order chi connectivity index (χ1) is 10.8. The maximum atomic E-state index is 11.0. The van der Waals surface area contributed by atoms with Crippen molar-refractivity contribution < 1.29 is 9.53 Å². The van der Waals surface area contributed by atoms with Crippen molar-refractivity contribution in [3.63, 3.8) is 0 Å². The molecule has 0 aromatic carbocycles. The van der Waals surface area contributed by atoms with Crippen LogP contribution in [0.1, 0.15) is 90.4 Å². The number of hydrogen-bond donors (Lipinski definition) is 0. The molecule has 1 atom stereocenters. The van der Waals surface area contributed by atoms with Gasteiger partial charge >= 0.3 is 5.97 Å². The fraction of sp³-hybridized carbons (Fsp3) is 0.950. The maximum absolute atomic E-state index is 11.0. The average Bonchev–Trinajstić information content (AvgIpc) is 2.53. The lowest BCUT2D eigenvalue weighted by atomic mass is 9.67. The first kappa shape index (κ1) is 16.3. The van der Waals surface area contributed by atoms with Gasteiger partial charge in [-0.05, 0) is 62.2 Å². The second-order valence-electron chi connectivity index (χ2n) is 8.18. The average molecular weight is 306 g/mol. The van der Waals surface area contributed by atoms with Crippen LogP contribution in [0.5, 0.6) is 0 Å². The molecule has 1 saturated heterocycles. The van der Waals surface area contributed by atoms with Gasteiger partial charge in [-0.2, -0.15) is 0 Å². The smallest absolute Gasteiger partial charge is 0.309 e. The fourth-order valence-electron chi connectivity index (χ4n) is 5.21.